The van der Waals surface area contributed by atoms with Crippen molar-refractivity contribution < 1.29 is 14.3 Å². The van der Waals surface area contributed by atoms with E-state index in [-0.39, 0.29) is 17.5 Å². The molecule has 3 rings (SSSR count). The molecule has 0 spiro atoms. The summed E-state index contributed by atoms with van der Waals surface area (Å²) in [5.74, 6) is 0.764. The van der Waals surface area contributed by atoms with E-state index in [0.717, 1.165) is 11.3 Å². The second-order valence-electron chi connectivity index (χ2n) is 6.35. The van der Waals surface area contributed by atoms with Crippen LogP contribution in [-0.4, -0.2) is 29.7 Å². The Morgan fingerprint density at radius 3 is 2.57 bits per heavy atom. The summed E-state index contributed by atoms with van der Waals surface area (Å²) in [5, 5.41) is 3.24. The van der Waals surface area contributed by atoms with Gasteiger partial charge in [0.05, 0.1) is 19.6 Å². The van der Waals surface area contributed by atoms with Gasteiger partial charge in [-0.2, -0.15) is 0 Å². The third kappa shape index (κ3) is 3.69. The molecule has 28 heavy (non-hydrogen) atoms. The number of fused-ring (bicyclic) bond motifs is 1. The van der Waals surface area contributed by atoms with E-state index < -0.39 is 5.91 Å². The van der Waals surface area contributed by atoms with E-state index in [1.807, 2.05) is 24.5 Å². The first-order valence-electron chi connectivity index (χ1n) is 8.98. The first-order chi connectivity index (χ1) is 13.5. The van der Waals surface area contributed by atoms with Crippen LogP contribution in [0.2, 0.25) is 0 Å². The van der Waals surface area contributed by atoms with Crippen molar-refractivity contribution in [2.75, 3.05) is 14.2 Å². The lowest BCUT2D eigenvalue weighted by molar-refractivity contribution is 0.0949. The topological polar surface area (TPSA) is 82.5 Å². The Kier molecular flexibility index (Phi) is 5.63. The molecular weight excluding hydrogens is 358 g/mol. The molecule has 7 nitrogen and oxygen atoms in total. The molecule has 1 amide bonds. The summed E-state index contributed by atoms with van der Waals surface area (Å²) in [4.78, 5) is 29.9. The number of ether oxygens (including phenoxy) is 2. The van der Waals surface area contributed by atoms with Gasteiger partial charge in [-0.3, -0.25) is 9.59 Å². The number of carbonyl (C=O) groups is 1. The van der Waals surface area contributed by atoms with Crippen molar-refractivity contribution >= 4 is 16.9 Å². The number of aromatic nitrogens is 2. The Balaban J connectivity index is 1.89. The van der Waals surface area contributed by atoms with Gasteiger partial charge in [0.2, 0.25) is 5.43 Å². The molecule has 0 atom stereocenters. The Morgan fingerprint density at radius 2 is 1.89 bits per heavy atom. The number of nitrogens with one attached hydrogen (secondary N) is 1. The number of pyridine rings is 2. The monoisotopic (exact) mass is 381 g/mol. The van der Waals surface area contributed by atoms with Gasteiger partial charge in [-0.05, 0) is 43.7 Å². The van der Waals surface area contributed by atoms with Crippen LogP contribution in [0.15, 0.2) is 41.3 Å². The van der Waals surface area contributed by atoms with Crippen molar-refractivity contribution in [2.24, 2.45) is 0 Å². The van der Waals surface area contributed by atoms with Crippen LogP contribution in [0.4, 0.5) is 0 Å². The lowest BCUT2D eigenvalue weighted by Gasteiger charge is -2.12. The summed E-state index contributed by atoms with van der Waals surface area (Å²) in [6.45, 7) is 4.67. The molecular formula is C21H23N3O4. The fourth-order valence-corrected chi connectivity index (χ4v) is 3.03. The van der Waals surface area contributed by atoms with Crippen molar-refractivity contribution in [3.8, 4) is 11.5 Å². The number of aryl methyl sites for hydroxylation is 2. The van der Waals surface area contributed by atoms with E-state index in [1.54, 1.807) is 44.7 Å². The van der Waals surface area contributed by atoms with Gasteiger partial charge in [-0.1, -0.05) is 6.07 Å². The third-order valence-electron chi connectivity index (χ3n) is 4.55. The van der Waals surface area contributed by atoms with E-state index in [1.165, 1.54) is 0 Å². The SMILES string of the molecule is CCn1cc(C(=O)NCc2ccc(OC)c(OC)c2)c(=O)c2ccc(C)nc21. The van der Waals surface area contributed by atoms with E-state index in [0.29, 0.717) is 29.1 Å². The Hall–Kier alpha value is -3.35. The van der Waals surface area contributed by atoms with Crippen LogP contribution >= 0.6 is 0 Å². The normalized spacial score (nSPS) is 10.7. The van der Waals surface area contributed by atoms with Crippen molar-refractivity contribution in [1.29, 1.82) is 0 Å². The Labute approximate surface area is 162 Å². The second kappa shape index (κ2) is 8.12. The fraction of sp³-hybridized carbons (Fsp3) is 0.286. The molecule has 0 bridgehead atoms. The van der Waals surface area contributed by atoms with Crippen LogP contribution in [0.25, 0.3) is 11.0 Å². The average molecular weight is 381 g/mol. The highest BCUT2D eigenvalue weighted by Crippen LogP contribution is 2.27. The molecule has 0 saturated carbocycles. The largest absolute Gasteiger partial charge is 0.493 e. The molecule has 0 aliphatic carbocycles. The number of methoxy groups -OCH3 is 2. The van der Waals surface area contributed by atoms with Crippen LogP contribution in [0, 0.1) is 6.92 Å². The van der Waals surface area contributed by atoms with Gasteiger partial charge in [0.15, 0.2) is 11.5 Å². The molecule has 2 heterocycles. The smallest absolute Gasteiger partial charge is 0.257 e. The van der Waals surface area contributed by atoms with Crippen molar-refractivity contribution in [2.45, 2.75) is 26.9 Å². The summed E-state index contributed by atoms with van der Waals surface area (Å²) in [5.41, 5.74) is 2.01. The first-order valence-corrected chi connectivity index (χ1v) is 8.98. The molecule has 0 aliphatic heterocycles. The lowest BCUT2D eigenvalue weighted by atomic mass is 10.1. The molecule has 0 fully saturated rings. The zero-order chi connectivity index (χ0) is 20.3. The number of hydrogen-bond acceptors (Lipinski definition) is 5. The van der Waals surface area contributed by atoms with Gasteiger partial charge >= 0.3 is 0 Å². The van der Waals surface area contributed by atoms with Crippen LogP contribution < -0.4 is 20.2 Å². The predicted octanol–water partition coefficient (Wildman–Crippen LogP) is 2.67. The zero-order valence-corrected chi connectivity index (χ0v) is 16.4. The Morgan fingerprint density at radius 1 is 1.14 bits per heavy atom. The van der Waals surface area contributed by atoms with Crippen molar-refractivity contribution in [1.82, 2.24) is 14.9 Å². The maximum atomic E-state index is 12.8. The van der Waals surface area contributed by atoms with Crippen LogP contribution in [-0.2, 0) is 13.1 Å². The molecule has 0 aliphatic rings. The van der Waals surface area contributed by atoms with E-state index in [4.69, 9.17) is 9.47 Å². The van der Waals surface area contributed by atoms with Crippen molar-refractivity contribution in [3.63, 3.8) is 0 Å². The predicted molar refractivity (Wildman–Crippen MR) is 107 cm³/mol. The number of amides is 1. The highest BCUT2D eigenvalue weighted by molar-refractivity contribution is 5.96. The number of rotatable bonds is 6. The fourth-order valence-electron chi connectivity index (χ4n) is 3.03. The molecule has 146 valence electrons. The average Bonchev–Trinajstić information content (AvgIpc) is 2.71. The number of benzene rings is 1. The molecule has 1 aromatic carbocycles. The standard InChI is InChI=1S/C21H23N3O4/c1-5-24-12-16(19(25)15-8-6-13(2)23-20(15)24)21(26)22-11-14-7-9-17(27-3)18(10-14)28-4/h6-10,12H,5,11H2,1-4H3,(H,22,26). The molecule has 0 saturated heterocycles. The molecule has 1 N–H and O–H groups in total. The summed E-state index contributed by atoms with van der Waals surface area (Å²) < 4.78 is 12.3. The summed E-state index contributed by atoms with van der Waals surface area (Å²) in [6.07, 6.45) is 1.57. The van der Waals surface area contributed by atoms with Gasteiger partial charge in [-0.15, -0.1) is 0 Å². The van der Waals surface area contributed by atoms with Gasteiger partial charge in [0.1, 0.15) is 11.2 Å². The third-order valence-corrected chi connectivity index (χ3v) is 4.55. The molecule has 3 aromatic rings. The van der Waals surface area contributed by atoms with Gasteiger partial charge in [0, 0.05) is 25.0 Å². The minimum Gasteiger partial charge on any atom is -0.493 e. The van der Waals surface area contributed by atoms with Gasteiger partial charge < -0.3 is 19.4 Å². The van der Waals surface area contributed by atoms with Crippen molar-refractivity contribution in [3.05, 3.63) is 63.6 Å². The van der Waals surface area contributed by atoms with Gasteiger partial charge in [0.25, 0.3) is 5.91 Å². The summed E-state index contributed by atoms with van der Waals surface area (Å²) in [7, 11) is 3.12. The van der Waals surface area contributed by atoms with E-state index in [9.17, 15) is 9.59 Å². The van der Waals surface area contributed by atoms with Crippen LogP contribution in [0.1, 0.15) is 28.5 Å². The lowest BCUT2D eigenvalue weighted by Crippen LogP contribution is -2.29. The maximum Gasteiger partial charge on any atom is 0.257 e. The highest BCUT2D eigenvalue weighted by atomic mass is 16.5. The number of hydrogen-bond donors (Lipinski definition) is 1. The molecule has 0 unspecified atom stereocenters. The van der Waals surface area contributed by atoms with E-state index >= 15 is 0 Å². The molecule has 2 aromatic heterocycles. The van der Waals surface area contributed by atoms with Crippen LogP contribution in [0.5, 0.6) is 11.5 Å². The minimum atomic E-state index is -0.426. The molecule has 0 radical (unpaired) electrons. The summed E-state index contributed by atoms with van der Waals surface area (Å²) >= 11 is 0. The second-order valence-corrected chi connectivity index (χ2v) is 6.35. The highest BCUT2D eigenvalue weighted by Gasteiger charge is 2.16. The van der Waals surface area contributed by atoms with E-state index in [2.05, 4.69) is 10.3 Å². The maximum absolute atomic E-state index is 12.8. The number of nitrogens with zero attached hydrogens (tertiary/aromatic N) is 2. The zero-order valence-electron chi connectivity index (χ0n) is 16.4. The number of carbonyl (C=O) groups excluding carboxylic acids is 1. The van der Waals surface area contributed by atoms with Gasteiger partial charge in [-0.25, -0.2) is 4.98 Å². The molecule has 7 heteroatoms. The minimum absolute atomic E-state index is 0.0977. The first kappa shape index (κ1) is 19.4. The Bertz CT molecular complexity index is 1090. The quantitative estimate of drug-likeness (QED) is 0.710. The summed E-state index contributed by atoms with van der Waals surface area (Å²) in [6, 6.07) is 8.89. The van der Waals surface area contributed by atoms with Crippen LogP contribution in [0.3, 0.4) is 0 Å².